The second-order valence-corrected chi connectivity index (χ2v) is 5.43. The van der Waals surface area contributed by atoms with Crippen LogP contribution in [-0.4, -0.2) is 21.0 Å². The van der Waals surface area contributed by atoms with Crippen molar-refractivity contribution in [2.45, 2.75) is 6.92 Å². The van der Waals surface area contributed by atoms with Gasteiger partial charge in [0.05, 0.1) is 5.52 Å². The van der Waals surface area contributed by atoms with Gasteiger partial charge in [-0.05, 0) is 48.0 Å². The average molecular weight is 302 g/mol. The van der Waals surface area contributed by atoms with Gasteiger partial charge in [0.25, 0.3) is 0 Å². The van der Waals surface area contributed by atoms with Gasteiger partial charge in [-0.25, -0.2) is 0 Å². The molecule has 2 aromatic heterocycles. The number of carbonyl (C=O) groups excluding carboxylic acids is 1. The molecule has 0 spiro atoms. The zero-order valence-electron chi connectivity index (χ0n) is 12.5. The number of ketones is 1. The monoisotopic (exact) mass is 302 g/mol. The first-order valence-electron chi connectivity index (χ1n) is 7.31. The number of hydrogen-bond donors (Lipinski definition) is 2. The molecule has 4 rings (SSSR count). The Morgan fingerprint density at radius 2 is 1.96 bits per heavy atom. The van der Waals surface area contributed by atoms with E-state index in [1.165, 1.54) is 0 Å². The van der Waals surface area contributed by atoms with E-state index in [0.29, 0.717) is 11.4 Å². The summed E-state index contributed by atoms with van der Waals surface area (Å²) in [5.41, 5.74) is 3.29. The second-order valence-electron chi connectivity index (χ2n) is 5.43. The fourth-order valence-electron chi connectivity index (χ4n) is 2.62. The molecule has 0 radical (unpaired) electrons. The maximum Gasteiger partial charge on any atom is 0.178 e. The van der Waals surface area contributed by atoms with Crippen molar-refractivity contribution in [2.75, 3.05) is 5.32 Å². The predicted molar refractivity (Wildman–Crippen MR) is 91.1 cm³/mol. The zero-order chi connectivity index (χ0) is 15.8. The van der Waals surface area contributed by atoms with Crippen molar-refractivity contribution >= 4 is 39.1 Å². The van der Waals surface area contributed by atoms with E-state index in [1.54, 1.807) is 13.1 Å². The second kappa shape index (κ2) is 5.21. The highest BCUT2D eigenvalue weighted by Gasteiger charge is 2.07. The molecule has 0 saturated carbocycles. The largest absolute Gasteiger partial charge is 0.337 e. The third-order valence-electron chi connectivity index (χ3n) is 3.83. The lowest BCUT2D eigenvalue weighted by Gasteiger charge is -2.06. The van der Waals surface area contributed by atoms with Crippen molar-refractivity contribution in [1.82, 2.24) is 15.2 Å². The van der Waals surface area contributed by atoms with Crippen molar-refractivity contribution < 1.29 is 4.79 Å². The van der Waals surface area contributed by atoms with Crippen molar-refractivity contribution in [1.29, 1.82) is 0 Å². The fraction of sp³-hybridized carbons (Fsp3) is 0.0556. The van der Waals surface area contributed by atoms with Gasteiger partial charge in [0.1, 0.15) is 5.52 Å². The number of rotatable bonds is 3. The summed E-state index contributed by atoms with van der Waals surface area (Å²) in [5.74, 6) is 0.746. The lowest BCUT2D eigenvalue weighted by atomic mass is 10.0. The van der Waals surface area contributed by atoms with Crippen LogP contribution in [0.25, 0.3) is 21.8 Å². The third kappa shape index (κ3) is 2.42. The van der Waals surface area contributed by atoms with Crippen LogP contribution in [0.15, 0.2) is 54.7 Å². The molecule has 5 heteroatoms. The Balaban J connectivity index is 1.75. The first kappa shape index (κ1) is 13.5. The number of aromatic amines is 1. The van der Waals surface area contributed by atoms with Crippen LogP contribution in [0.1, 0.15) is 17.3 Å². The van der Waals surface area contributed by atoms with Gasteiger partial charge in [-0.15, -0.1) is 0 Å². The maximum atomic E-state index is 11.5. The number of Topliss-reactive ketones (excluding diaryl/α,β-unsaturated/α-hetero) is 1. The van der Waals surface area contributed by atoms with Crippen molar-refractivity contribution in [3.8, 4) is 0 Å². The molecule has 0 atom stereocenters. The predicted octanol–water partition coefficient (Wildman–Crippen LogP) is 4.06. The Labute approximate surface area is 132 Å². The molecule has 4 aromatic rings. The number of pyridine rings is 1. The van der Waals surface area contributed by atoms with E-state index >= 15 is 0 Å². The summed E-state index contributed by atoms with van der Waals surface area (Å²) < 4.78 is 0. The van der Waals surface area contributed by atoms with Gasteiger partial charge in [-0.2, -0.15) is 5.10 Å². The number of benzene rings is 2. The van der Waals surface area contributed by atoms with E-state index in [1.807, 2.05) is 48.5 Å². The van der Waals surface area contributed by atoms with Gasteiger partial charge in [0.15, 0.2) is 11.6 Å². The van der Waals surface area contributed by atoms with Gasteiger partial charge >= 0.3 is 0 Å². The van der Waals surface area contributed by atoms with E-state index in [0.717, 1.165) is 27.5 Å². The summed E-state index contributed by atoms with van der Waals surface area (Å²) in [5, 5.41) is 12.6. The van der Waals surface area contributed by atoms with Crippen LogP contribution in [0, 0.1) is 0 Å². The Hall–Kier alpha value is -3.21. The summed E-state index contributed by atoms with van der Waals surface area (Å²) in [4.78, 5) is 15.9. The zero-order valence-corrected chi connectivity index (χ0v) is 12.5. The summed E-state index contributed by atoms with van der Waals surface area (Å²) >= 11 is 0. The molecular weight excluding hydrogens is 288 g/mol. The van der Waals surface area contributed by atoms with Crippen LogP contribution in [0.3, 0.4) is 0 Å². The molecule has 0 aliphatic heterocycles. The molecular formula is C18H14N4O. The minimum atomic E-state index is 0.0627. The van der Waals surface area contributed by atoms with Crippen LogP contribution >= 0.6 is 0 Å². The van der Waals surface area contributed by atoms with Gasteiger partial charge in [0.2, 0.25) is 0 Å². The molecule has 2 aromatic carbocycles. The van der Waals surface area contributed by atoms with Crippen LogP contribution in [0.5, 0.6) is 0 Å². The number of H-pyrrole nitrogens is 1. The maximum absolute atomic E-state index is 11.5. The van der Waals surface area contributed by atoms with Crippen LogP contribution in [-0.2, 0) is 0 Å². The minimum Gasteiger partial charge on any atom is -0.337 e. The highest BCUT2D eigenvalue weighted by molar-refractivity contribution is 5.99. The van der Waals surface area contributed by atoms with Gasteiger partial charge in [0, 0.05) is 17.4 Å². The van der Waals surface area contributed by atoms with E-state index < -0.39 is 0 Å². The molecule has 0 aliphatic carbocycles. The molecule has 0 amide bonds. The van der Waals surface area contributed by atoms with E-state index in [9.17, 15) is 4.79 Å². The lowest BCUT2D eigenvalue weighted by molar-refractivity contribution is 0.101. The van der Waals surface area contributed by atoms with Gasteiger partial charge in [-0.1, -0.05) is 18.2 Å². The van der Waals surface area contributed by atoms with Crippen molar-refractivity contribution in [3.63, 3.8) is 0 Å². The number of nitrogens with one attached hydrogen (secondary N) is 2. The number of aromatic nitrogens is 3. The Bertz CT molecular complexity index is 1040. The molecule has 2 heterocycles. The number of anilines is 2. The number of nitrogens with zero attached hydrogens (tertiary/aromatic N) is 2. The van der Waals surface area contributed by atoms with Gasteiger partial charge in [-0.3, -0.25) is 14.9 Å². The Kier molecular flexibility index (Phi) is 3.05. The molecule has 0 bridgehead atoms. The quantitative estimate of drug-likeness (QED) is 0.560. The molecule has 0 saturated heterocycles. The van der Waals surface area contributed by atoms with Crippen LogP contribution < -0.4 is 5.32 Å². The fourth-order valence-corrected chi connectivity index (χ4v) is 2.62. The van der Waals surface area contributed by atoms with Crippen LogP contribution in [0.2, 0.25) is 0 Å². The molecule has 2 N–H and O–H groups in total. The Morgan fingerprint density at radius 1 is 1.09 bits per heavy atom. The summed E-state index contributed by atoms with van der Waals surface area (Å²) in [6.07, 6.45) is 1.74. The molecule has 23 heavy (non-hydrogen) atoms. The highest BCUT2D eigenvalue weighted by Crippen LogP contribution is 2.25. The standard InChI is InChI=1S/C18H14N4O/c1-11(23)13-5-4-12-6-7-15(10-14(12)9-13)20-18-17-16(21-22-18)3-2-8-19-17/h2-10H,1H3,(H2,20,21,22). The Morgan fingerprint density at radius 3 is 2.83 bits per heavy atom. The molecule has 0 aliphatic rings. The van der Waals surface area contributed by atoms with E-state index in [2.05, 4.69) is 20.5 Å². The molecule has 112 valence electrons. The SMILES string of the molecule is CC(=O)c1ccc2ccc(Nc3n[nH]c4cccnc34)cc2c1. The lowest BCUT2D eigenvalue weighted by Crippen LogP contribution is -1.93. The first-order valence-corrected chi connectivity index (χ1v) is 7.31. The minimum absolute atomic E-state index is 0.0627. The average Bonchev–Trinajstić information content (AvgIpc) is 2.97. The van der Waals surface area contributed by atoms with Crippen molar-refractivity contribution in [3.05, 3.63) is 60.3 Å². The first-order chi connectivity index (χ1) is 11.2. The number of fused-ring (bicyclic) bond motifs is 2. The molecule has 0 unspecified atom stereocenters. The smallest absolute Gasteiger partial charge is 0.178 e. The molecule has 5 nitrogen and oxygen atoms in total. The summed E-state index contributed by atoms with van der Waals surface area (Å²) in [6.45, 7) is 1.57. The van der Waals surface area contributed by atoms with Crippen LogP contribution in [0.4, 0.5) is 11.5 Å². The topological polar surface area (TPSA) is 70.7 Å². The van der Waals surface area contributed by atoms with E-state index in [4.69, 9.17) is 0 Å². The van der Waals surface area contributed by atoms with Crippen molar-refractivity contribution in [2.24, 2.45) is 0 Å². The van der Waals surface area contributed by atoms with Gasteiger partial charge < -0.3 is 5.32 Å². The summed E-state index contributed by atoms with van der Waals surface area (Å²) in [6, 6.07) is 15.5. The normalized spacial score (nSPS) is 11.0. The van der Waals surface area contributed by atoms with E-state index in [-0.39, 0.29) is 5.78 Å². The highest BCUT2D eigenvalue weighted by atomic mass is 16.1. The number of carbonyl (C=O) groups is 1. The third-order valence-corrected chi connectivity index (χ3v) is 3.83. The molecule has 0 fully saturated rings. The number of hydrogen-bond acceptors (Lipinski definition) is 4. The summed E-state index contributed by atoms with van der Waals surface area (Å²) in [7, 11) is 0.